The Morgan fingerprint density at radius 3 is 1.80 bits per heavy atom. The molecule has 0 aromatic rings. The monoisotopic (exact) mass is 159 g/mol. The second-order valence-corrected chi connectivity index (χ2v) is 0.702. The van der Waals surface area contributed by atoms with E-state index < -0.39 is 0 Å². The van der Waals surface area contributed by atoms with Crippen molar-refractivity contribution in [3.8, 4) is 0 Å². The maximum Gasteiger partial charge on any atom is 0.130 e. The van der Waals surface area contributed by atoms with Crippen molar-refractivity contribution in [3.05, 3.63) is 6.92 Å². The topological polar surface area (TPSA) is 17.1 Å². The number of Topliss-reactive ketones (excluding diaryl/α,β-unsaturated/α-hetero) is 1. The molecule has 31 valence electrons. The first-order valence-corrected chi connectivity index (χ1v) is 1.06. The molecule has 0 heterocycles. The molecule has 0 aliphatic rings. The van der Waals surface area contributed by atoms with Gasteiger partial charge in [0.25, 0.3) is 0 Å². The third-order valence-electron chi connectivity index (χ3n) is 0. The van der Waals surface area contributed by atoms with Crippen molar-refractivity contribution in [1.82, 2.24) is 0 Å². The fourth-order valence-electron chi connectivity index (χ4n) is 0. The molecule has 2 heteroatoms. The number of carbonyl (C=O) groups is 1. The zero-order valence-electron chi connectivity index (χ0n) is 2.97. The second-order valence-electron chi connectivity index (χ2n) is 0.702. The van der Waals surface area contributed by atoms with Crippen LogP contribution >= 0.6 is 0 Å². The molecule has 0 N–H and O–H groups in total. The van der Waals surface area contributed by atoms with Gasteiger partial charge in [0.2, 0.25) is 0 Å². The predicted molar refractivity (Wildman–Crippen MR) is 16.0 cm³/mol. The van der Waals surface area contributed by atoms with Gasteiger partial charge in [-0.2, -0.15) is 0 Å². The van der Waals surface area contributed by atoms with Crippen molar-refractivity contribution in [3.63, 3.8) is 0 Å². The summed E-state index contributed by atoms with van der Waals surface area (Å²) < 4.78 is 0. The third-order valence-corrected chi connectivity index (χ3v) is 0. The normalized spacial score (nSPS) is 5.20. The van der Waals surface area contributed by atoms with Crippen molar-refractivity contribution in [1.29, 1.82) is 0 Å². The van der Waals surface area contributed by atoms with Crippen LogP contribution in [0.5, 0.6) is 0 Å². The maximum absolute atomic E-state index is 9.33. The minimum atomic E-state index is -0.0833. The van der Waals surface area contributed by atoms with Crippen LogP contribution in [0.1, 0.15) is 6.92 Å². The first kappa shape index (κ1) is 9.00. The maximum atomic E-state index is 9.33. The minimum Gasteiger partial charge on any atom is -0.300 e. The van der Waals surface area contributed by atoms with Gasteiger partial charge in [0.1, 0.15) is 5.78 Å². The summed E-state index contributed by atoms with van der Waals surface area (Å²) in [5, 5.41) is 0. The van der Waals surface area contributed by atoms with Gasteiger partial charge in [-0.15, -0.1) is 0 Å². The number of ketones is 1. The molecular formula is C3H5ORu. The van der Waals surface area contributed by atoms with Gasteiger partial charge in [-0.1, -0.05) is 0 Å². The van der Waals surface area contributed by atoms with Crippen LogP contribution in [0.25, 0.3) is 0 Å². The van der Waals surface area contributed by atoms with E-state index >= 15 is 0 Å². The largest absolute Gasteiger partial charge is 0.300 e. The molecule has 0 aliphatic carbocycles. The molecule has 0 spiro atoms. The molecule has 0 rings (SSSR count). The molecule has 0 aliphatic heterocycles. The van der Waals surface area contributed by atoms with Crippen LogP contribution in [0, 0.1) is 6.92 Å². The smallest absolute Gasteiger partial charge is 0.130 e. The summed E-state index contributed by atoms with van der Waals surface area (Å²) >= 11 is 0. The molecule has 0 atom stereocenters. The molecule has 0 saturated heterocycles. The summed E-state index contributed by atoms with van der Waals surface area (Å²) in [6.07, 6.45) is 0. The molecule has 0 amide bonds. The summed E-state index contributed by atoms with van der Waals surface area (Å²) in [5.41, 5.74) is 0. The van der Waals surface area contributed by atoms with E-state index in [2.05, 4.69) is 6.92 Å². The Bertz CT molecular complexity index is 29.9. The van der Waals surface area contributed by atoms with Crippen LogP contribution in [-0.2, 0) is 24.3 Å². The molecule has 0 saturated carbocycles. The summed E-state index contributed by atoms with van der Waals surface area (Å²) in [6, 6.07) is 0. The molecule has 1 radical (unpaired) electrons. The van der Waals surface area contributed by atoms with Crippen LogP contribution < -0.4 is 0 Å². The van der Waals surface area contributed by atoms with E-state index in [1.165, 1.54) is 6.92 Å². The Kier molecular flexibility index (Phi) is 7.72. The average Bonchev–Trinajstić information content (AvgIpc) is 0.811. The standard InChI is InChI=1S/C3H5O.Ru/c1-3(2)4;/h1H2,2H3;. The van der Waals surface area contributed by atoms with Crippen molar-refractivity contribution in [2.24, 2.45) is 0 Å². The zero-order chi connectivity index (χ0) is 3.58. The van der Waals surface area contributed by atoms with E-state index in [1.54, 1.807) is 0 Å². The van der Waals surface area contributed by atoms with Crippen LogP contribution in [0.2, 0.25) is 0 Å². The molecule has 0 aromatic carbocycles. The van der Waals surface area contributed by atoms with Crippen LogP contribution in [0.15, 0.2) is 0 Å². The fraction of sp³-hybridized carbons (Fsp3) is 0.333. The van der Waals surface area contributed by atoms with E-state index in [9.17, 15) is 4.79 Å². The molecule has 1 nitrogen and oxygen atoms in total. The average molecular weight is 158 g/mol. The van der Waals surface area contributed by atoms with Gasteiger partial charge >= 0.3 is 0 Å². The minimum absolute atomic E-state index is 0. The van der Waals surface area contributed by atoms with E-state index in [4.69, 9.17) is 0 Å². The van der Waals surface area contributed by atoms with Crippen LogP contribution in [-0.4, -0.2) is 5.78 Å². The molecule has 0 bridgehead atoms. The van der Waals surface area contributed by atoms with Crippen LogP contribution in [0.3, 0.4) is 0 Å². The molecule has 0 unspecified atom stereocenters. The fourth-order valence-corrected chi connectivity index (χ4v) is 0. The van der Waals surface area contributed by atoms with E-state index in [-0.39, 0.29) is 25.3 Å². The van der Waals surface area contributed by atoms with E-state index in [0.29, 0.717) is 0 Å². The molecule has 5 heavy (non-hydrogen) atoms. The summed E-state index contributed by atoms with van der Waals surface area (Å²) in [5.74, 6) is -0.0833. The van der Waals surface area contributed by atoms with Crippen molar-refractivity contribution in [2.45, 2.75) is 6.92 Å². The predicted octanol–water partition coefficient (Wildman–Crippen LogP) is 0.407. The first-order valence-electron chi connectivity index (χ1n) is 1.06. The van der Waals surface area contributed by atoms with Crippen molar-refractivity contribution >= 4 is 5.78 Å². The quantitative estimate of drug-likeness (QED) is 0.466. The second kappa shape index (κ2) is 4.29. The van der Waals surface area contributed by atoms with Gasteiger partial charge in [-0.25, -0.2) is 0 Å². The van der Waals surface area contributed by atoms with Crippen molar-refractivity contribution < 1.29 is 24.3 Å². The third kappa shape index (κ3) is 262. The van der Waals surface area contributed by atoms with Gasteiger partial charge in [-0.3, -0.25) is 0 Å². The zero-order valence-corrected chi connectivity index (χ0v) is 4.71. The molecule has 0 aromatic heterocycles. The first-order chi connectivity index (χ1) is 1.73. The number of hydrogen-bond donors (Lipinski definition) is 0. The summed E-state index contributed by atoms with van der Waals surface area (Å²) in [7, 11) is 0. The van der Waals surface area contributed by atoms with Gasteiger partial charge in [0, 0.05) is 26.4 Å². The SMILES string of the molecule is [CH2]C(C)=O.[Ru]. The Morgan fingerprint density at radius 2 is 1.80 bits per heavy atom. The Morgan fingerprint density at radius 1 is 1.80 bits per heavy atom. The van der Waals surface area contributed by atoms with Crippen LogP contribution in [0.4, 0.5) is 0 Å². The van der Waals surface area contributed by atoms with Gasteiger partial charge < -0.3 is 4.79 Å². The molecular weight excluding hydrogens is 153 g/mol. The number of carbonyl (C=O) groups excluding carboxylic acids is 1. The van der Waals surface area contributed by atoms with Crippen molar-refractivity contribution in [2.75, 3.05) is 0 Å². The summed E-state index contributed by atoms with van der Waals surface area (Å²) in [4.78, 5) is 9.33. The van der Waals surface area contributed by atoms with Gasteiger partial charge in [0.05, 0.1) is 0 Å². The summed E-state index contributed by atoms with van der Waals surface area (Å²) in [6.45, 7) is 4.42. The van der Waals surface area contributed by atoms with E-state index in [0.717, 1.165) is 0 Å². The Hall–Kier alpha value is 0.293. The Balaban J connectivity index is 0. The van der Waals surface area contributed by atoms with E-state index in [1.807, 2.05) is 0 Å². The van der Waals surface area contributed by atoms with Gasteiger partial charge in [-0.05, 0) is 6.92 Å². The molecule has 0 fully saturated rings. The Labute approximate surface area is 44.5 Å². The number of rotatable bonds is 0. The van der Waals surface area contributed by atoms with Gasteiger partial charge in [0.15, 0.2) is 0 Å². The number of hydrogen-bond acceptors (Lipinski definition) is 1.